The molecule has 1 aromatic heterocycles. The van der Waals surface area contributed by atoms with Gasteiger partial charge in [-0.3, -0.25) is 0 Å². The minimum absolute atomic E-state index is 0.480. The molecule has 1 saturated carbocycles. The molecule has 2 rings (SSSR count). The average molecular weight is 245 g/mol. The fourth-order valence-electron chi connectivity index (χ4n) is 1.69. The topological polar surface area (TPSA) is 22.4 Å². The van der Waals surface area contributed by atoms with Crippen molar-refractivity contribution in [2.75, 3.05) is 0 Å². The molecule has 0 unspecified atom stereocenters. The molecule has 13 heavy (non-hydrogen) atoms. The lowest BCUT2D eigenvalue weighted by Gasteiger charge is -2.08. The number of hydrogen-bond acceptors (Lipinski definition) is 2. The van der Waals surface area contributed by atoms with Crippen molar-refractivity contribution in [1.29, 1.82) is 0 Å². The number of halogens is 1. The average Bonchev–Trinajstić information content (AvgIpc) is 2.71. The summed E-state index contributed by atoms with van der Waals surface area (Å²) in [6.45, 7) is 0.680. The van der Waals surface area contributed by atoms with E-state index in [-0.39, 0.29) is 0 Å². The maximum Gasteiger partial charge on any atom is 0.169 e. The van der Waals surface area contributed by atoms with Gasteiger partial charge in [-0.05, 0) is 34.8 Å². The van der Waals surface area contributed by atoms with Crippen LogP contribution in [0.1, 0.15) is 31.2 Å². The van der Waals surface area contributed by atoms with Crippen molar-refractivity contribution in [1.82, 2.24) is 0 Å². The molecule has 72 valence electrons. The molecule has 0 saturated heterocycles. The fraction of sp³-hybridized carbons (Fsp3) is 0.600. The van der Waals surface area contributed by atoms with Gasteiger partial charge >= 0.3 is 0 Å². The van der Waals surface area contributed by atoms with Gasteiger partial charge < -0.3 is 9.15 Å². The Morgan fingerprint density at radius 2 is 2.23 bits per heavy atom. The zero-order valence-corrected chi connectivity index (χ0v) is 9.05. The molecule has 3 heteroatoms. The quantitative estimate of drug-likeness (QED) is 0.813. The Morgan fingerprint density at radius 3 is 2.85 bits per heavy atom. The molecule has 0 amide bonds. The summed E-state index contributed by atoms with van der Waals surface area (Å²) in [4.78, 5) is 0. The molecule has 0 aromatic carbocycles. The smallest absolute Gasteiger partial charge is 0.169 e. The van der Waals surface area contributed by atoms with Crippen molar-refractivity contribution in [2.45, 2.75) is 38.4 Å². The summed E-state index contributed by atoms with van der Waals surface area (Å²) in [5, 5.41) is 0. The van der Waals surface area contributed by atoms with Gasteiger partial charge in [0.05, 0.1) is 19.0 Å². The van der Waals surface area contributed by atoms with Crippen LogP contribution in [0.25, 0.3) is 0 Å². The van der Waals surface area contributed by atoms with Gasteiger partial charge in [0.1, 0.15) is 0 Å². The van der Waals surface area contributed by atoms with E-state index in [4.69, 9.17) is 9.15 Å². The minimum Gasteiger partial charge on any atom is -0.457 e. The van der Waals surface area contributed by atoms with E-state index in [1.807, 2.05) is 6.07 Å². The first kappa shape index (κ1) is 9.28. The number of hydrogen-bond donors (Lipinski definition) is 0. The van der Waals surface area contributed by atoms with Gasteiger partial charge in [-0.15, -0.1) is 0 Å². The van der Waals surface area contributed by atoms with E-state index < -0.39 is 0 Å². The highest BCUT2D eigenvalue weighted by Crippen LogP contribution is 2.23. The first-order chi connectivity index (χ1) is 6.34. The summed E-state index contributed by atoms with van der Waals surface area (Å²) in [6.07, 6.45) is 7.30. The second kappa shape index (κ2) is 4.29. The lowest BCUT2D eigenvalue weighted by atomic mass is 10.3. The first-order valence-electron chi connectivity index (χ1n) is 4.69. The molecule has 0 aliphatic heterocycles. The third-order valence-corrected chi connectivity index (χ3v) is 2.83. The molecule has 2 nitrogen and oxygen atoms in total. The van der Waals surface area contributed by atoms with Crippen molar-refractivity contribution >= 4 is 15.9 Å². The van der Waals surface area contributed by atoms with Crippen molar-refractivity contribution < 1.29 is 9.15 Å². The van der Waals surface area contributed by atoms with E-state index in [9.17, 15) is 0 Å². The zero-order chi connectivity index (χ0) is 9.10. The SMILES string of the molecule is Brc1cc(COC2CCCC2)co1. The van der Waals surface area contributed by atoms with Gasteiger partial charge in [-0.25, -0.2) is 0 Å². The molecule has 1 fully saturated rings. The van der Waals surface area contributed by atoms with Crippen LogP contribution in [0.2, 0.25) is 0 Å². The highest BCUT2D eigenvalue weighted by molar-refractivity contribution is 9.10. The Hall–Kier alpha value is -0.280. The second-order valence-electron chi connectivity index (χ2n) is 3.48. The maximum atomic E-state index is 5.72. The maximum absolute atomic E-state index is 5.72. The Balaban J connectivity index is 1.78. The summed E-state index contributed by atoms with van der Waals surface area (Å²) < 4.78 is 11.6. The standard InChI is InChI=1S/C10H13BrO2/c11-10-5-8(7-13-10)6-12-9-3-1-2-4-9/h5,7,9H,1-4,6H2. The molecule has 0 N–H and O–H groups in total. The molecular formula is C10H13BrO2. The second-order valence-corrected chi connectivity index (χ2v) is 4.26. The van der Waals surface area contributed by atoms with Crippen LogP contribution in [-0.2, 0) is 11.3 Å². The van der Waals surface area contributed by atoms with Crippen LogP contribution in [0.3, 0.4) is 0 Å². The van der Waals surface area contributed by atoms with Gasteiger partial charge in [0.25, 0.3) is 0 Å². The van der Waals surface area contributed by atoms with Crippen LogP contribution >= 0.6 is 15.9 Å². The van der Waals surface area contributed by atoms with E-state index in [0.29, 0.717) is 12.7 Å². The van der Waals surface area contributed by atoms with Crippen LogP contribution < -0.4 is 0 Å². The van der Waals surface area contributed by atoms with Crippen molar-refractivity contribution in [3.05, 3.63) is 22.6 Å². The summed E-state index contributed by atoms with van der Waals surface area (Å²) >= 11 is 3.26. The van der Waals surface area contributed by atoms with E-state index in [2.05, 4.69) is 15.9 Å². The number of rotatable bonds is 3. The van der Waals surface area contributed by atoms with Crippen LogP contribution in [0.5, 0.6) is 0 Å². The Labute approximate surface area is 86.4 Å². The molecule has 0 spiro atoms. The molecule has 0 radical (unpaired) electrons. The molecule has 1 aliphatic carbocycles. The van der Waals surface area contributed by atoms with E-state index in [1.165, 1.54) is 25.7 Å². The fourth-order valence-corrected chi connectivity index (χ4v) is 2.08. The van der Waals surface area contributed by atoms with Crippen molar-refractivity contribution in [3.63, 3.8) is 0 Å². The third-order valence-electron chi connectivity index (χ3n) is 2.41. The van der Waals surface area contributed by atoms with Crippen molar-refractivity contribution in [3.8, 4) is 0 Å². The van der Waals surface area contributed by atoms with Crippen LogP contribution in [0, 0.1) is 0 Å². The van der Waals surface area contributed by atoms with Crippen LogP contribution in [0.4, 0.5) is 0 Å². The van der Waals surface area contributed by atoms with Crippen LogP contribution in [0.15, 0.2) is 21.4 Å². The van der Waals surface area contributed by atoms with Gasteiger partial charge in [0.15, 0.2) is 4.67 Å². The van der Waals surface area contributed by atoms with Crippen molar-refractivity contribution in [2.24, 2.45) is 0 Å². The van der Waals surface area contributed by atoms with Gasteiger partial charge in [0.2, 0.25) is 0 Å². The molecule has 1 aromatic rings. The predicted octanol–water partition coefficient (Wildman–Crippen LogP) is 3.50. The van der Waals surface area contributed by atoms with Gasteiger partial charge in [-0.2, -0.15) is 0 Å². The Kier molecular flexibility index (Phi) is 3.06. The molecule has 1 heterocycles. The Morgan fingerprint density at radius 1 is 1.46 bits per heavy atom. The molecule has 0 atom stereocenters. The Bertz CT molecular complexity index is 264. The monoisotopic (exact) mass is 244 g/mol. The summed E-state index contributed by atoms with van der Waals surface area (Å²) in [5.74, 6) is 0. The van der Waals surface area contributed by atoms with E-state index in [1.54, 1.807) is 6.26 Å². The molecule has 0 bridgehead atoms. The van der Waals surface area contributed by atoms with Gasteiger partial charge in [-0.1, -0.05) is 12.8 Å². The van der Waals surface area contributed by atoms with Crippen LogP contribution in [-0.4, -0.2) is 6.10 Å². The first-order valence-corrected chi connectivity index (χ1v) is 5.48. The van der Waals surface area contributed by atoms with E-state index in [0.717, 1.165) is 10.2 Å². The normalized spacial score (nSPS) is 18.2. The summed E-state index contributed by atoms with van der Waals surface area (Å²) in [7, 11) is 0. The highest BCUT2D eigenvalue weighted by atomic mass is 79.9. The molecule has 1 aliphatic rings. The minimum atomic E-state index is 0.480. The predicted molar refractivity (Wildman–Crippen MR) is 53.5 cm³/mol. The van der Waals surface area contributed by atoms with Gasteiger partial charge in [0, 0.05) is 5.56 Å². The number of furan rings is 1. The molecular weight excluding hydrogens is 232 g/mol. The third kappa shape index (κ3) is 2.58. The zero-order valence-electron chi connectivity index (χ0n) is 7.46. The summed E-state index contributed by atoms with van der Waals surface area (Å²) in [6, 6.07) is 1.95. The number of ether oxygens (including phenoxy) is 1. The van der Waals surface area contributed by atoms with E-state index >= 15 is 0 Å². The largest absolute Gasteiger partial charge is 0.457 e. The lowest BCUT2D eigenvalue weighted by molar-refractivity contribution is 0.0454. The lowest BCUT2D eigenvalue weighted by Crippen LogP contribution is -2.06. The highest BCUT2D eigenvalue weighted by Gasteiger charge is 2.15. The summed E-state index contributed by atoms with van der Waals surface area (Å²) in [5.41, 5.74) is 1.11.